The molecule has 1 aliphatic carbocycles. The number of hydrogen-bond donors (Lipinski definition) is 0. The van der Waals surface area contributed by atoms with Crippen molar-refractivity contribution in [1.82, 2.24) is 14.3 Å². The summed E-state index contributed by atoms with van der Waals surface area (Å²) in [6.45, 7) is 5.77. The lowest BCUT2D eigenvalue weighted by molar-refractivity contribution is 0.180. The third-order valence-electron chi connectivity index (χ3n) is 5.01. The smallest absolute Gasteiger partial charge is 0.205 e. The van der Waals surface area contributed by atoms with Gasteiger partial charge in [0.1, 0.15) is 5.82 Å². The number of methoxy groups -OCH3 is 1. The van der Waals surface area contributed by atoms with Crippen molar-refractivity contribution in [2.45, 2.75) is 38.3 Å². The fourth-order valence-corrected chi connectivity index (χ4v) is 4.09. The Morgan fingerprint density at radius 2 is 2.16 bits per heavy atom. The third-order valence-corrected chi connectivity index (χ3v) is 5.80. The number of ether oxygens (including phenoxy) is 1. The van der Waals surface area contributed by atoms with Crippen molar-refractivity contribution in [3.63, 3.8) is 0 Å². The molecule has 2 heterocycles. The van der Waals surface area contributed by atoms with Crippen LogP contribution in [0.15, 0.2) is 18.2 Å². The Bertz CT molecular complexity index is 748. The number of halogens is 1. The van der Waals surface area contributed by atoms with Gasteiger partial charge in [-0.25, -0.2) is 9.37 Å². The van der Waals surface area contributed by atoms with E-state index in [-0.39, 0.29) is 5.82 Å². The van der Waals surface area contributed by atoms with Gasteiger partial charge in [0.15, 0.2) is 11.6 Å². The second-order valence-corrected chi connectivity index (χ2v) is 7.67. The number of benzene rings is 1. The number of aromatic nitrogens is 2. The van der Waals surface area contributed by atoms with E-state index in [1.165, 1.54) is 31.5 Å². The molecule has 0 N–H and O–H groups in total. The molecule has 0 radical (unpaired) electrons. The maximum atomic E-state index is 13.9. The van der Waals surface area contributed by atoms with Gasteiger partial charge in [0.05, 0.1) is 7.11 Å². The molecule has 5 nitrogen and oxygen atoms in total. The predicted molar refractivity (Wildman–Crippen MR) is 96.9 cm³/mol. The van der Waals surface area contributed by atoms with Gasteiger partial charge in [-0.2, -0.15) is 4.37 Å². The fraction of sp³-hybridized carbons (Fsp3) is 0.556. The van der Waals surface area contributed by atoms with Gasteiger partial charge in [-0.05, 0) is 37.5 Å². The van der Waals surface area contributed by atoms with Gasteiger partial charge in [0.25, 0.3) is 0 Å². The molecule has 134 valence electrons. The van der Waals surface area contributed by atoms with E-state index in [2.05, 4.69) is 21.1 Å². The standard InChI is InChI=1S/C18H23FN4OS/c1-12-10-23(18-20-17(21-25-18)14-4-5-14)8-7-22(12)11-13-3-6-16(24-2)15(19)9-13/h3,6,9,12,14H,4-5,7-8,10-11H2,1-2H3. The molecule has 1 atom stereocenters. The van der Waals surface area contributed by atoms with E-state index in [9.17, 15) is 4.39 Å². The van der Waals surface area contributed by atoms with Gasteiger partial charge < -0.3 is 9.64 Å². The van der Waals surface area contributed by atoms with Crippen LogP contribution in [0.3, 0.4) is 0 Å². The molecule has 2 aromatic rings. The van der Waals surface area contributed by atoms with Crippen molar-refractivity contribution in [3.05, 3.63) is 35.4 Å². The van der Waals surface area contributed by atoms with Gasteiger partial charge in [-0.1, -0.05) is 6.07 Å². The minimum atomic E-state index is -0.298. The SMILES string of the molecule is COc1ccc(CN2CCN(c3nc(C4CC4)ns3)CC2C)cc1F. The van der Waals surface area contributed by atoms with E-state index >= 15 is 0 Å². The summed E-state index contributed by atoms with van der Waals surface area (Å²) in [4.78, 5) is 9.44. The van der Waals surface area contributed by atoms with Crippen LogP contribution in [0.2, 0.25) is 0 Å². The molecule has 2 aliphatic rings. The van der Waals surface area contributed by atoms with Crippen LogP contribution >= 0.6 is 11.5 Å². The van der Waals surface area contributed by atoms with Crippen LogP contribution in [0.5, 0.6) is 5.75 Å². The third kappa shape index (κ3) is 3.62. The summed E-state index contributed by atoms with van der Waals surface area (Å²) >= 11 is 1.52. The van der Waals surface area contributed by atoms with E-state index in [1.807, 2.05) is 6.07 Å². The Balaban J connectivity index is 1.38. The average Bonchev–Trinajstić information content (AvgIpc) is 3.34. The quantitative estimate of drug-likeness (QED) is 0.817. The molecular formula is C18H23FN4OS. The van der Waals surface area contributed by atoms with E-state index in [0.29, 0.717) is 17.7 Å². The molecule has 0 spiro atoms. The van der Waals surface area contributed by atoms with Crippen LogP contribution in [-0.2, 0) is 6.54 Å². The van der Waals surface area contributed by atoms with Gasteiger partial charge in [-0.3, -0.25) is 4.90 Å². The monoisotopic (exact) mass is 362 g/mol. The molecule has 1 saturated heterocycles. The van der Waals surface area contributed by atoms with Gasteiger partial charge in [0, 0.05) is 49.7 Å². The number of piperazine rings is 1. The molecule has 25 heavy (non-hydrogen) atoms. The summed E-state index contributed by atoms with van der Waals surface area (Å²) in [5, 5.41) is 1.05. The highest BCUT2D eigenvalue weighted by Gasteiger charge is 2.30. The molecule has 0 bridgehead atoms. The van der Waals surface area contributed by atoms with Crippen molar-refractivity contribution in [3.8, 4) is 5.75 Å². The van der Waals surface area contributed by atoms with Crippen LogP contribution < -0.4 is 9.64 Å². The number of nitrogens with zero attached hydrogens (tertiary/aromatic N) is 4. The molecular weight excluding hydrogens is 339 g/mol. The van der Waals surface area contributed by atoms with Crippen LogP contribution in [0.25, 0.3) is 0 Å². The molecule has 1 unspecified atom stereocenters. The molecule has 1 aromatic heterocycles. The molecule has 1 aromatic carbocycles. The Morgan fingerprint density at radius 3 is 2.84 bits per heavy atom. The highest BCUT2D eigenvalue weighted by atomic mass is 32.1. The zero-order chi connectivity index (χ0) is 17.4. The molecule has 2 fully saturated rings. The Hall–Kier alpha value is -1.73. The summed E-state index contributed by atoms with van der Waals surface area (Å²) in [7, 11) is 1.49. The first-order chi connectivity index (χ1) is 12.1. The summed E-state index contributed by atoms with van der Waals surface area (Å²) in [5.74, 6) is 1.63. The van der Waals surface area contributed by atoms with Gasteiger partial charge in [-0.15, -0.1) is 0 Å². The Labute approximate surface area is 151 Å². The van der Waals surface area contributed by atoms with Gasteiger partial charge >= 0.3 is 0 Å². The summed E-state index contributed by atoms with van der Waals surface area (Å²) in [5.41, 5.74) is 0.977. The molecule has 1 aliphatic heterocycles. The Morgan fingerprint density at radius 1 is 1.32 bits per heavy atom. The van der Waals surface area contributed by atoms with Crippen LogP contribution in [0.1, 0.15) is 37.1 Å². The molecule has 0 amide bonds. The first-order valence-electron chi connectivity index (χ1n) is 8.79. The van der Waals surface area contributed by atoms with E-state index in [4.69, 9.17) is 9.72 Å². The predicted octanol–water partition coefficient (Wildman–Crippen LogP) is 3.27. The van der Waals surface area contributed by atoms with Gasteiger partial charge in [0.2, 0.25) is 5.13 Å². The Kier molecular flexibility index (Phi) is 4.60. The topological polar surface area (TPSA) is 41.5 Å². The first-order valence-corrected chi connectivity index (χ1v) is 9.56. The zero-order valence-corrected chi connectivity index (χ0v) is 15.4. The summed E-state index contributed by atoms with van der Waals surface area (Å²) in [6, 6.07) is 5.59. The average molecular weight is 362 g/mol. The first kappa shape index (κ1) is 16.7. The van der Waals surface area contributed by atoms with E-state index < -0.39 is 0 Å². The van der Waals surface area contributed by atoms with Crippen molar-refractivity contribution in [1.29, 1.82) is 0 Å². The maximum Gasteiger partial charge on any atom is 0.205 e. The molecule has 1 saturated carbocycles. The zero-order valence-electron chi connectivity index (χ0n) is 14.6. The van der Waals surface area contributed by atoms with E-state index in [1.54, 1.807) is 12.1 Å². The van der Waals surface area contributed by atoms with E-state index in [0.717, 1.165) is 42.7 Å². The van der Waals surface area contributed by atoms with Crippen molar-refractivity contribution < 1.29 is 9.13 Å². The van der Waals surface area contributed by atoms with Crippen LogP contribution in [-0.4, -0.2) is 47.0 Å². The molecule has 4 rings (SSSR count). The number of rotatable bonds is 5. The normalized spacial score (nSPS) is 21.6. The fourth-order valence-electron chi connectivity index (χ4n) is 3.31. The second kappa shape index (κ2) is 6.88. The minimum absolute atomic E-state index is 0.296. The van der Waals surface area contributed by atoms with Crippen molar-refractivity contribution in [2.24, 2.45) is 0 Å². The summed E-state index contributed by atoms with van der Waals surface area (Å²) in [6.07, 6.45) is 2.47. The highest BCUT2D eigenvalue weighted by Crippen LogP contribution is 2.39. The number of anilines is 1. The lowest BCUT2D eigenvalue weighted by Crippen LogP contribution is -2.51. The summed E-state index contributed by atoms with van der Waals surface area (Å²) < 4.78 is 23.4. The minimum Gasteiger partial charge on any atom is -0.494 e. The van der Waals surface area contributed by atoms with Crippen LogP contribution in [0, 0.1) is 5.82 Å². The maximum absolute atomic E-state index is 13.9. The number of hydrogen-bond acceptors (Lipinski definition) is 6. The van der Waals surface area contributed by atoms with Crippen LogP contribution in [0.4, 0.5) is 9.52 Å². The second-order valence-electron chi connectivity index (χ2n) is 6.94. The highest BCUT2D eigenvalue weighted by molar-refractivity contribution is 7.09. The molecule has 7 heteroatoms. The van der Waals surface area contributed by atoms with Crippen molar-refractivity contribution >= 4 is 16.7 Å². The lowest BCUT2D eigenvalue weighted by Gasteiger charge is -2.39. The largest absolute Gasteiger partial charge is 0.494 e. The lowest BCUT2D eigenvalue weighted by atomic mass is 10.1. The van der Waals surface area contributed by atoms with Crippen molar-refractivity contribution in [2.75, 3.05) is 31.6 Å².